The van der Waals surface area contributed by atoms with Crippen LogP contribution >= 0.6 is 0 Å². The number of nitrogens with one attached hydrogen (secondary N) is 1. The number of hydrogen-bond donors (Lipinski definition) is 1. The van der Waals surface area contributed by atoms with Crippen molar-refractivity contribution in [2.75, 3.05) is 24.3 Å². The van der Waals surface area contributed by atoms with Gasteiger partial charge in [0.05, 0.1) is 6.20 Å². The molecule has 0 aliphatic heterocycles. The van der Waals surface area contributed by atoms with Crippen molar-refractivity contribution < 1.29 is 9.21 Å². The number of carbonyl (C=O) groups excluding carboxylic acids is 1. The Hall–Kier alpha value is -3.08. The fourth-order valence-electron chi connectivity index (χ4n) is 2.90. The lowest BCUT2D eigenvalue weighted by Crippen LogP contribution is -2.13. The van der Waals surface area contributed by atoms with Crippen molar-refractivity contribution in [3.05, 3.63) is 66.2 Å². The summed E-state index contributed by atoms with van der Waals surface area (Å²) in [5.74, 6) is 1.73. The molecule has 0 unspecified atom stereocenters. The summed E-state index contributed by atoms with van der Waals surface area (Å²) in [4.78, 5) is 18.6. The van der Waals surface area contributed by atoms with Gasteiger partial charge in [0.2, 0.25) is 5.91 Å². The van der Waals surface area contributed by atoms with Crippen molar-refractivity contribution in [1.29, 1.82) is 0 Å². The van der Waals surface area contributed by atoms with Crippen molar-refractivity contribution in [2.45, 2.75) is 32.6 Å². The van der Waals surface area contributed by atoms with Gasteiger partial charge in [-0.3, -0.25) is 4.79 Å². The van der Waals surface area contributed by atoms with Gasteiger partial charge < -0.3 is 14.6 Å². The summed E-state index contributed by atoms with van der Waals surface area (Å²) in [7, 11) is 3.94. The Balaban J connectivity index is 1.56. The SMILES string of the molecule is CC(C)c1ccc(-c2cnc(CCC(=O)Nc3cccc(N(C)C)c3)o2)cc1. The third kappa shape index (κ3) is 5.00. The molecule has 146 valence electrons. The molecule has 0 aliphatic carbocycles. The highest BCUT2D eigenvalue weighted by molar-refractivity contribution is 5.91. The van der Waals surface area contributed by atoms with E-state index in [0.29, 0.717) is 24.7 Å². The molecular weight excluding hydrogens is 350 g/mol. The topological polar surface area (TPSA) is 58.4 Å². The first-order valence-corrected chi connectivity index (χ1v) is 9.54. The highest BCUT2D eigenvalue weighted by Crippen LogP contribution is 2.24. The van der Waals surface area contributed by atoms with Crippen LogP contribution in [-0.4, -0.2) is 25.0 Å². The summed E-state index contributed by atoms with van der Waals surface area (Å²) < 4.78 is 5.82. The third-order valence-corrected chi connectivity index (χ3v) is 4.63. The molecular formula is C23H27N3O2. The maximum atomic E-state index is 12.3. The molecule has 5 nitrogen and oxygen atoms in total. The van der Waals surface area contributed by atoms with Gasteiger partial charge in [-0.2, -0.15) is 0 Å². The molecule has 0 spiro atoms. The summed E-state index contributed by atoms with van der Waals surface area (Å²) in [5.41, 5.74) is 4.11. The van der Waals surface area contributed by atoms with Crippen LogP contribution in [0.25, 0.3) is 11.3 Å². The summed E-state index contributed by atoms with van der Waals surface area (Å²) in [5, 5.41) is 2.93. The highest BCUT2D eigenvalue weighted by Gasteiger charge is 2.10. The van der Waals surface area contributed by atoms with Crippen molar-refractivity contribution in [1.82, 2.24) is 4.98 Å². The number of carbonyl (C=O) groups is 1. The van der Waals surface area contributed by atoms with E-state index in [4.69, 9.17) is 4.42 Å². The number of rotatable bonds is 7. The number of benzene rings is 2. The van der Waals surface area contributed by atoms with E-state index in [2.05, 4.69) is 36.3 Å². The maximum Gasteiger partial charge on any atom is 0.224 e. The average Bonchev–Trinajstić information content (AvgIpc) is 3.16. The van der Waals surface area contributed by atoms with Crippen LogP contribution < -0.4 is 10.2 Å². The minimum absolute atomic E-state index is 0.0584. The number of oxazole rings is 1. The van der Waals surface area contributed by atoms with Crippen LogP contribution in [0.15, 0.2) is 59.1 Å². The smallest absolute Gasteiger partial charge is 0.224 e. The second-order valence-corrected chi connectivity index (χ2v) is 7.39. The van der Waals surface area contributed by atoms with E-state index in [0.717, 1.165) is 22.7 Å². The van der Waals surface area contributed by atoms with Crippen molar-refractivity contribution in [2.24, 2.45) is 0 Å². The lowest BCUT2D eigenvalue weighted by Gasteiger charge is -2.13. The van der Waals surface area contributed by atoms with Gasteiger partial charge in [-0.25, -0.2) is 4.98 Å². The lowest BCUT2D eigenvalue weighted by molar-refractivity contribution is -0.116. The minimum atomic E-state index is -0.0584. The average molecular weight is 377 g/mol. The molecule has 28 heavy (non-hydrogen) atoms. The standard InChI is InChI=1S/C23H27N3O2/c1-16(2)17-8-10-18(11-9-17)21-15-24-23(28-21)13-12-22(27)25-19-6-5-7-20(14-19)26(3)4/h5-11,14-16H,12-13H2,1-4H3,(H,25,27). The molecule has 1 N–H and O–H groups in total. The molecule has 0 aliphatic rings. The molecule has 2 aromatic carbocycles. The molecule has 1 aromatic heterocycles. The molecule has 3 rings (SSSR count). The van der Waals surface area contributed by atoms with Crippen LogP contribution in [0.2, 0.25) is 0 Å². The van der Waals surface area contributed by atoms with Crippen LogP contribution in [0.4, 0.5) is 11.4 Å². The summed E-state index contributed by atoms with van der Waals surface area (Å²) in [6.07, 6.45) is 2.50. The Kier molecular flexibility index (Phi) is 6.14. The van der Waals surface area contributed by atoms with Gasteiger partial charge >= 0.3 is 0 Å². The van der Waals surface area contributed by atoms with Crippen LogP contribution in [0.5, 0.6) is 0 Å². The second kappa shape index (κ2) is 8.74. The first-order valence-electron chi connectivity index (χ1n) is 9.54. The Labute approximate surface area is 166 Å². The summed E-state index contributed by atoms with van der Waals surface area (Å²) >= 11 is 0. The van der Waals surface area contributed by atoms with E-state index in [-0.39, 0.29) is 5.91 Å². The molecule has 0 radical (unpaired) electrons. The van der Waals surface area contributed by atoms with Gasteiger partial charge in [-0.1, -0.05) is 44.2 Å². The zero-order chi connectivity index (χ0) is 20.1. The minimum Gasteiger partial charge on any atom is -0.441 e. The fraction of sp³-hybridized carbons (Fsp3) is 0.304. The van der Waals surface area contributed by atoms with Gasteiger partial charge in [-0.05, 0) is 29.7 Å². The maximum absolute atomic E-state index is 12.3. The molecule has 1 amide bonds. The molecule has 0 bridgehead atoms. The van der Waals surface area contributed by atoms with E-state index < -0.39 is 0 Å². The quantitative estimate of drug-likeness (QED) is 0.622. The second-order valence-electron chi connectivity index (χ2n) is 7.39. The zero-order valence-electron chi connectivity index (χ0n) is 16.9. The van der Waals surface area contributed by atoms with Crippen molar-refractivity contribution in [3.8, 4) is 11.3 Å². The normalized spacial score (nSPS) is 10.9. The van der Waals surface area contributed by atoms with Gasteiger partial charge in [-0.15, -0.1) is 0 Å². The van der Waals surface area contributed by atoms with E-state index in [1.54, 1.807) is 6.20 Å². The van der Waals surface area contributed by atoms with Crippen LogP contribution in [0, 0.1) is 0 Å². The Bertz CT molecular complexity index is 927. The Morgan fingerprint density at radius 2 is 1.89 bits per heavy atom. The lowest BCUT2D eigenvalue weighted by atomic mass is 10.0. The largest absolute Gasteiger partial charge is 0.441 e. The predicted octanol–water partition coefficient (Wildman–Crippen LogP) is 5.10. The molecule has 0 saturated carbocycles. The number of aryl methyl sites for hydroxylation is 1. The molecule has 3 aromatic rings. The van der Waals surface area contributed by atoms with Gasteiger partial charge in [0.1, 0.15) is 0 Å². The molecule has 0 atom stereocenters. The Morgan fingerprint density at radius 1 is 1.14 bits per heavy atom. The number of anilines is 2. The van der Waals surface area contributed by atoms with E-state index in [9.17, 15) is 4.79 Å². The molecule has 5 heteroatoms. The number of amides is 1. The van der Waals surface area contributed by atoms with Gasteiger partial charge in [0.15, 0.2) is 11.7 Å². The summed E-state index contributed by atoms with van der Waals surface area (Å²) in [6.45, 7) is 4.34. The van der Waals surface area contributed by atoms with Crippen LogP contribution in [0.1, 0.15) is 37.6 Å². The molecule has 0 saturated heterocycles. The number of aromatic nitrogens is 1. The highest BCUT2D eigenvalue weighted by atomic mass is 16.4. The van der Waals surface area contributed by atoms with Crippen molar-refractivity contribution >= 4 is 17.3 Å². The first-order chi connectivity index (χ1) is 13.4. The summed E-state index contributed by atoms with van der Waals surface area (Å²) in [6, 6.07) is 16.1. The van der Waals surface area contributed by atoms with Crippen molar-refractivity contribution in [3.63, 3.8) is 0 Å². The van der Waals surface area contributed by atoms with Crippen LogP contribution in [-0.2, 0) is 11.2 Å². The van der Waals surface area contributed by atoms with Gasteiger partial charge in [0, 0.05) is 43.9 Å². The van der Waals surface area contributed by atoms with E-state index >= 15 is 0 Å². The molecule has 1 heterocycles. The van der Waals surface area contributed by atoms with Gasteiger partial charge in [0.25, 0.3) is 0 Å². The van der Waals surface area contributed by atoms with E-state index in [1.165, 1.54) is 5.56 Å². The first kappa shape index (κ1) is 19.7. The monoisotopic (exact) mass is 377 g/mol. The van der Waals surface area contributed by atoms with Crippen LogP contribution in [0.3, 0.4) is 0 Å². The fourth-order valence-corrected chi connectivity index (χ4v) is 2.90. The molecule has 0 fully saturated rings. The third-order valence-electron chi connectivity index (χ3n) is 4.63. The zero-order valence-corrected chi connectivity index (χ0v) is 16.9. The van der Waals surface area contributed by atoms with E-state index in [1.807, 2.05) is 55.4 Å². The number of hydrogen-bond acceptors (Lipinski definition) is 4. The predicted molar refractivity (Wildman–Crippen MR) is 114 cm³/mol. The Morgan fingerprint density at radius 3 is 2.57 bits per heavy atom. The number of nitrogens with zero attached hydrogens (tertiary/aromatic N) is 2.